The molecule has 1 aromatic carbocycles. The van der Waals surface area contributed by atoms with E-state index in [0.717, 1.165) is 11.1 Å². The molecular weight excluding hydrogens is 314 g/mol. The summed E-state index contributed by atoms with van der Waals surface area (Å²) in [5.41, 5.74) is 0.567. The van der Waals surface area contributed by atoms with Crippen LogP contribution in [0.3, 0.4) is 0 Å². The van der Waals surface area contributed by atoms with E-state index in [0.29, 0.717) is 18.7 Å². The number of amides is 1. The zero-order chi connectivity index (χ0) is 14.1. The molecule has 0 saturated carbocycles. The van der Waals surface area contributed by atoms with Crippen LogP contribution in [0.2, 0.25) is 0 Å². The Labute approximate surface area is 121 Å². The summed E-state index contributed by atoms with van der Waals surface area (Å²) in [6.07, 6.45) is -0.439. The molecule has 1 aromatic rings. The molecule has 0 atom stereocenters. The van der Waals surface area contributed by atoms with Gasteiger partial charge in [0.1, 0.15) is 5.75 Å². The lowest BCUT2D eigenvalue weighted by atomic mass is 10.2. The molecule has 0 unspecified atom stereocenters. The fourth-order valence-electron chi connectivity index (χ4n) is 1.40. The molecule has 1 amide bonds. The number of nitrogens with one attached hydrogen (secondary N) is 1. The van der Waals surface area contributed by atoms with Crippen LogP contribution in [-0.4, -0.2) is 44.9 Å². The monoisotopic (exact) mass is 331 g/mol. The van der Waals surface area contributed by atoms with Gasteiger partial charge in [0.25, 0.3) is 5.91 Å². The summed E-state index contributed by atoms with van der Waals surface area (Å²) in [6, 6.07) is 6.96. The van der Waals surface area contributed by atoms with E-state index in [9.17, 15) is 4.79 Å². The topological polar surface area (TPSA) is 56.8 Å². The van der Waals surface area contributed by atoms with Gasteiger partial charge in [-0.2, -0.15) is 0 Å². The number of hydrogen-bond acceptors (Lipinski definition) is 4. The second-order valence-electron chi connectivity index (χ2n) is 3.67. The molecule has 0 spiro atoms. The molecule has 0 saturated heterocycles. The minimum Gasteiger partial charge on any atom is -0.493 e. The summed E-state index contributed by atoms with van der Waals surface area (Å²) in [6.45, 7) is 0.891. The standard InChI is InChI=1S/C13H18BrNO4/c1-17-12(18-2)9-15-13(16)10-3-5-11(6-4-10)19-8-7-14/h3-6,12H,7-9H2,1-2H3,(H,15,16). The van der Waals surface area contributed by atoms with Crippen molar-refractivity contribution in [3.63, 3.8) is 0 Å². The Hall–Kier alpha value is -1.11. The van der Waals surface area contributed by atoms with E-state index in [4.69, 9.17) is 14.2 Å². The lowest BCUT2D eigenvalue weighted by Gasteiger charge is -2.14. The van der Waals surface area contributed by atoms with Gasteiger partial charge in [-0.15, -0.1) is 0 Å². The highest BCUT2D eigenvalue weighted by Gasteiger charge is 2.09. The number of carbonyl (C=O) groups is 1. The molecule has 19 heavy (non-hydrogen) atoms. The van der Waals surface area contributed by atoms with E-state index in [1.807, 2.05) is 0 Å². The van der Waals surface area contributed by atoms with Gasteiger partial charge in [0.05, 0.1) is 13.2 Å². The molecule has 106 valence electrons. The van der Waals surface area contributed by atoms with Gasteiger partial charge in [-0.1, -0.05) is 15.9 Å². The number of ether oxygens (including phenoxy) is 3. The molecule has 0 aliphatic rings. The molecule has 1 rings (SSSR count). The van der Waals surface area contributed by atoms with Crippen LogP contribution in [0.5, 0.6) is 5.75 Å². The predicted molar refractivity (Wildman–Crippen MR) is 75.9 cm³/mol. The van der Waals surface area contributed by atoms with Gasteiger partial charge in [-0.05, 0) is 24.3 Å². The molecule has 1 N–H and O–H groups in total. The first-order chi connectivity index (χ1) is 9.21. The van der Waals surface area contributed by atoms with E-state index >= 15 is 0 Å². The van der Waals surface area contributed by atoms with Crippen molar-refractivity contribution < 1.29 is 19.0 Å². The van der Waals surface area contributed by atoms with Crippen molar-refractivity contribution in [3.8, 4) is 5.75 Å². The van der Waals surface area contributed by atoms with Crippen LogP contribution in [0.1, 0.15) is 10.4 Å². The highest BCUT2D eigenvalue weighted by atomic mass is 79.9. The van der Waals surface area contributed by atoms with Crippen LogP contribution in [0.4, 0.5) is 0 Å². The minimum atomic E-state index is -0.439. The number of alkyl halides is 1. The SMILES string of the molecule is COC(CNC(=O)c1ccc(OCCBr)cc1)OC. The normalized spacial score (nSPS) is 10.5. The van der Waals surface area contributed by atoms with E-state index in [1.54, 1.807) is 24.3 Å². The van der Waals surface area contributed by atoms with Crippen molar-refractivity contribution in [2.45, 2.75) is 6.29 Å². The third kappa shape index (κ3) is 5.59. The Morgan fingerprint density at radius 1 is 1.26 bits per heavy atom. The van der Waals surface area contributed by atoms with Crippen LogP contribution in [0.25, 0.3) is 0 Å². The van der Waals surface area contributed by atoms with Crippen LogP contribution in [0, 0.1) is 0 Å². The van der Waals surface area contributed by atoms with Gasteiger partial charge in [0, 0.05) is 25.1 Å². The molecule has 6 heteroatoms. The van der Waals surface area contributed by atoms with E-state index in [-0.39, 0.29) is 5.91 Å². The van der Waals surface area contributed by atoms with Gasteiger partial charge in [0.2, 0.25) is 0 Å². The zero-order valence-corrected chi connectivity index (χ0v) is 12.6. The number of rotatable bonds is 8. The van der Waals surface area contributed by atoms with Crippen molar-refractivity contribution in [2.24, 2.45) is 0 Å². The largest absolute Gasteiger partial charge is 0.493 e. The summed E-state index contributed by atoms with van der Waals surface area (Å²) >= 11 is 3.28. The van der Waals surface area contributed by atoms with Crippen LogP contribution < -0.4 is 10.1 Å². The maximum absolute atomic E-state index is 11.8. The number of methoxy groups -OCH3 is 2. The van der Waals surface area contributed by atoms with Crippen molar-refractivity contribution in [3.05, 3.63) is 29.8 Å². The molecule has 0 aliphatic carbocycles. The summed E-state index contributed by atoms with van der Waals surface area (Å²) in [5.74, 6) is 0.564. The average molecular weight is 332 g/mol. The second-order valence-corrected chi connectivity index (χ2v) is 4.47. The Kier molecular flexibility index (Phi) is 7.47. The fourth-order valence-corrected chi connectivity index (χ4v) is 1.56. The Bertz CT molecular complexity index is 379. The first-order valence-electron chi connectivity index (χ1n) is 5.84. The molecule has 0 bridgehead atoms. The van der Waals surface area contributed by atoms with Crippen molar-refractivity contribution in [2.75, 3.05) is 32.7 Å². The highest BCUT2D eigenvalue weighted by Crippen LogP contribution is 2.12. The van der Waals surface area contributed by atoms with Gasteiger partial charge in [-0.3, -0.25) is 4.79 Å². The number of halogens is 1. The number of hydrogen-bond donors (Lipinski definition) is 1. The van der Waals surface area contributed by atoms with Crippen LogP contribution in [-0.2, 0) is 9.47 Å². The molecule has 0 radical (unpaired) electrons. The van der Waals surface area contributed by atoms with Crippen LogP contribution in [0.15, 0.2) is 24.3 Å². The van der Waals surface area contributed by atoms with Crippen LogP contribution >= 0.6 is 15.9 Å². The lowest BCUT2D eigenvalue weighted by Crippen LogP contribution is -2.34. The Morgan fingerprint density at radius 3 is 2.42 bits per heavy atom. The highest BCUT2D eigenvalue weighted by molar-refractivity contribution is 9.09. The quantitative estimate of drug-likeness (QED) is 0.583. The minimum absolute atomic E-state index is 0.175. The molecule has 0 aliphatic heterocycles. The maximum atomic E-state index is 11.8. The fraction of sp³-hybridized carbons (Fsp3) is 0.462. The summed E-state index contributed by atoms with van der Waals surface area (Å²) in [7, 11) is 3.05. The first-order valence-corrected chi connectivity index (χ1v) is 6.96. The molecule has 5 nitrogen and oxygen atoms in total. The number of carbonyl (C=O) groups excluding carboxylic acids is 1. The summed E-state index contributed by atoms with van der Waals surface area (Å²) in [5, 5.41) is 3.49. The summed E-state index contributed by atoms with van der Waals surface area (Å²) < 4.78 is 15.4. The van der Waals surface area contributed by atoms with Crippen molar-refractivity contribution in [1.82, 2.24) is 5.32 Å². The predicted octanol–water partition coefficient (Wildman–Crippen LogP) is 1.81. The van der Waals surface area contributed by atoms with E-state index in [1.165, 1.54) is 14.2 Å². The molecule has 0 fully saturated rings. The number of benzene rings is 1. The first kappa shape index (κ1) is 15.9. The van der Waals surface area contributed by atoms with E-state index in [2.05, 4.69) is 21.2 Å². The van der Waals surface area contributed by atoms with Gasteiger partial charge >= 0.3 is 0 Å². The van der Waals surface area contributed by atoms with Gasteiger partial charge < -0.3 is 19.5 Å². The van der Waals surface area contributed by atoms with Crippen molar-refractivity contribution in [1.29, 1.82) is 0 Å². The average Bonchev–Trinajstić information content (AvgIpc) is 2.46. The third-order valence-corrected chi connectivity index (χ3v) is 2.74. The summed E-state index contributed by atoms with van der Waals surface area (Å²) in [4.78, 5) is 11.8. The smallest absolute Gasteiger partial charge is 0.251 e. The maximum Gasteiger partial charge on any atom is 0.251 e. The van der Waals surface area contributed by atoms with E-state index < -0.39 is 6.29 Å². The Balaban J connectivity index is 2.48. The molecule has 0 heterocycles. The molecular formula is C13H18BrNO4. The Morgan fingerprint density at radius 2 is 1.89 bits per heavy atom. The van der Waals surface area contributed by atoms with Gasteiger partial charge in [0.15, 0.2) is 6.29 Å². The van der Waals surface area contributed by atoms with Crippen molar-refractivity contribution >= 4 is 21.8 Å². The zero-order valence-electron chi connectivity index (χ0n) is 11.0. The second kappa shape index (κ2) is 8.90. The molecule has 0 aromatic heterocycles. The third-order valence-electron chi connectivity index (χ3n) is 2.42. The lowest BCUT2D eigenvalue weighted by molar-refractivity contribution is -0.0974. The van der Waals surface area contributed by atoms with Gasteiger partial charge in [-0.25, -0.2) is 0 Å².